The van der Waals surface area contributed by atoms with Crippen molar-refractivity contribution in [3.63, 3.8) is 0 Å². The van der Waals surface area contributed by atoms with Gasteiger partial charge in [-0.2, -0.15) is 0 Å². The Kier molecular flexibility index (Phi) is 12.3. The quantitative estimate of drug-likeness (QED) is 0.128. The van der Waals surface area contributed by atoms with Crippen LogP contribution in [-0.2, 0) is 9.47 Å². The molecule has 2 aromatic carbocycles. The van der Waals surface area contributed by atoms with Crippen LogP contribution in [0.3, 0.4) is 0 Å². The largest absolute Gasteiger partial charge is 0.449 e. The minimum Gasteiger partial charge on any atom is -0.449 e. The molecule has 2 aromatic heterocycles. The molecule has 2 amide bonds. The second-order valence-electron chi connectivity index (χ2n) is 14.0. The molecule has 12 heteroatoms. The van der Waals surface area contributed by atoms with E-state index in [-0.39, 0.29) is 12.2 Å². The number of carbonyl (C=O) groups excluding carboxylic acids is 2. The van der Waals surface area contributed by atoms with Crippen molar-refractivity contribution in [3.05, 3.63) is 70.7 Å². The molecule has 4 aromatic rings. The zero-order chi connectivity index (χ0) is 34.8. The summed E-state index contributed by atoms with van der Waals surface area (Å²) in [4.78, 5) is 34.0. The highest BCUT2D eigenvalue weighted by Gasteiger charge is 2.27. The first kappa shape index (κ1) is 35.6. The lowest BCUT2D eigenvalue weighted by atomic mass is 9.83. The summed E-state index contributed by atoms with van der Waals surface area (Å²) >= 11 is 3.29. The van der Waals surface area contributed by atoms with Crippen molar-refractivity contribution in [2.24, 2.45) is 11.8 Å². The van der Waals surface area contributed by atoms with E-state index in [0.717, 1.165) is 84.4 Å². The van der Waals surface area contributed by atoms with Crippen molar-refractivity contribution < 1.29 is 19.1 Å². The molecule has 8 rings (SSSR count). The molecule has 0 unspecified atom stereocenters. The monoisotopic (exact) mass is 728 g/mol. The van der Waals surface area contributed by atoms with E-state index < -0.39 is 0 Å². The second kappa shape index (κ2) is 17.6. The number of benzene rings is 2. The van der Waals surface area contributed by atoms with Crippen LogP contribution in [0.1, 0.15) is 81.0 Å². The number of hydrogen-bond acceptors (Lipinski definition) is 10. The molecular formula is C39H48N6O4S2. The van der Waals surface area contributed by atoms with E-state index in [1.165, 1.54) is 43.5 Å². The molecule has 270 valence electrons. The Morgan fingerprint density at radius 3 is 1.47 bits per heavy atom. The van der Waals surface area contributed by atoms with Crippen molar-refractivity contribution in [3.8, 4) is 21.1 Å². The summed E-state index contributed by atoms with van der Waals surface area (Å²) in [7, 11) is 0. The summed E-state index contributed by atoms with van der Waals surface area (Å²) in [6, 6.07) is 15.6. The molecule has 0 bridgehead atoms. The Labute approximate surface area is 308 Å². The number of anilines is 2. The number of amides is 2. The fraction of sp³-hybridized carbons (Fsp3) is 0.487. The second-order valence-corrected chi connectivity index (χ2v) is 15.7. The third kappa shape index (κ3) is 9.94. The van der Waals surface area contributed by atoms with E-state index in [1.807, 2.05) is 48.5 Å². The molecule has 2 aliphatic heterocycles. The normalized spacial score (nSPS) is 18.2. The Balaban J connectivity index is 0.000000159. The standard InChI is InChI=1S/C20H25N3O2S.C19H23N3O2S/c24-20(25-12-14-8-10-21-11-9-14)23-17-7-2-1-6-16(17)19-22-18(13-26-19)15-4-3-5-15;23-19(24-11-13-7-9-20-10-8-13)22-16-4-2-1-3-15(16)18-21-17(12-25-18)14-5-6-14/h1-2,6-7,13-15,21H,3-5,8-12H2,(H,23,24);1-4,12-14,20H,5-11H2,(H,22,23). The number of rotatable bonds is 10. The van der Waals surface area contributed by atoms with Crippen molar-refractivity contribution in [1.29, 1.82) is 0 Å². The van der Waals surface area contributed by atoms with E-state index in [2.05, 4.69) is 32.0 Å². The van der Waals surface area contributed by atoms with E-state index >= 15 is 0 Å². The lowest BCUT2D eigenvalue weighted by molar-refractivity contribution is 0.130. The highest BCUT2D eigenvalue weighted by molar-refractivity contribution is 7.13. The van der Waals surface area contributed by atoms with Crippen molar-refractivity contribution in [1.82, 2.24) is 20.6 Å². The molecule has 10 nitrogen and oxygen atoms in total. The predicted octanol–water partition coefficient (Wildman–Crippen LogP) is 8.86. The van der Waals surface area contributed by atoms with Gasteiger partial charge in [-0.3, -0.25) is 10.6 Å². The van der Waals surface area contributed by atoms with Crippen LogP contribution in [0.4, 0.5) is 21.0 Å². The number of nitrogens with zero attached hydrogens (tertiary/aromatic N) is 2. The molecule has 4 heterocycles. The molecule has 4 N–H and O–H groups in total. The van der Waals surface area contributed by atoms with Gasteiger partial charge in [0, 0.05) is 33.7 Å². The first-order valence-electron chi connectivity index (χ1n) is 18.5. The highest BCUT2D eigenvalue weighted by atomic mass is 32.1. The third-order valence-electron chi connectivity index (χ3n) is 10.2. The lowest BCUT2D eigenvalue weighted by Crippen LogP contribution is -2.31. The number of carbonyl (C=O) groups is 2. The number of aromatic nitrogens is 2. The van der Waals surface area contributed by atoms with Gasteiger partial charge in [-0.05, 0) is 114 Å². The molecule has 0 radical (unpaired) electrons. The van der Waals surface area contributed by atoms with Crippen LogP contribution < -0.4 is 21.3 Å². The van der Waals surface area contributed by atoms with Gasteiger partial charge in [0.15, 0.2) is 0 Å². The summed E-state index contributed by atoms with van der Waals surface area (Å²) in [5.74, 6) is 2.18. The van der Waals surface area contributed by atoms with Gasteiger partial charge >= 0.3 is 12.2 Å². The van der Waals surface area contributed by atoms with Crippen LogP contribution in [0.25, 0.3) is 21.1 Å². The molecule has 2 saturated carbocycles. The first-order valence-corrected chi connectivity index (χ1v) is 20.2. The average molecular weight is 729 g/mol. The van der Waals surface area contributed by atoms with E-state index in [4.69, 9.17) is 19.4 Å². The van der Waals surface area contributed by atoms with E-state index in [1.54, 1.807) is 22.7 Å². The summed E-state index contributed by atoms with van der Waals surface area (Å²) < 4.78 is 10.9. The third-order valence-corrected chi connectivity index (χ3v) is 12.0. The summed E-state index contributed by atoms with van der Waals surface area (Å²) in [5, 5.41) is 18.7. The van der Waals surface area contributed by atoms with Crippen LogP contribution in [0.15, 0.2) is 59.3 Å². The zero-order valence-electron chi connectivity index (χ0n) is 29.0. The fourth-order valence-electron chi connectivity index (χ4n) is 6.61. The number of para-hydroxylation sites is 2. The molecule has 2 saturated heterocycles. The Bertz CT molecular complexity index is 1740. The molecule has 0 atom stereocenters. The van der Waals surface area contributed by atoms with Crippen LogP contribution in [0.2, 0.25) is 0 Å². The van der Waals surface area contributed by atoms with Crippen LogP contribution in [-0.4, -0.2) is 61.5 Å². The Morgan fingerprint density at radius 1 is 0.627 bits per heavy atom. The molecule has 51 heavy (non-hydrogen) atoms. The molecule has 4 fully saturated rings. The van der Waals surface area contributed by atoms with Crippen molar-refractivity contribution in [2.45, 2.75) is 69.6 Å². The van der Waals surface area contributed by atoms with E-state index in [9.17, 15) is 9.59 Å². The van der Waals surface area contributed by atoms with Gasteiger partial charge in [-0.1, -0.05) is 30.7 Å². The van der Waals surface area contributed by atoms with Crippen LogP contribution in [0.5, 0.6) is 0 Å². The molecular weight excluding hydrogens is 681 g/mol. The molecule has 4 aliphatic rings. The smallest absolute Gasteiger partial charge is 0.411 e. The van der Waals surface area contributed by atoms with Gasteiger partial charge < -0.3 is 20.1 Å². The highest BCUT2D eigenvalue weighted by Crippen LogP contribution is 2.42. The fourth-order valence-corrected chi connectivity index (χ4v) is 8.49. The van der Waals surface area contributed by atoms with Gasteiger partial charge in [0.2, 0.25) is 0 Å². The summed E-state index contributed by atoms with van der Waals surface area (Å²) in [5.41, 5.74) is 5.81. The van der Waals surface area contributed by atoms with Crippen molar-refractivity contribution in [2.75, 3.05) is 50.0 Å². The Hall–Kier alpha value is -3.84. The topological polar surface area (TPSA) is 126 Å². The number of nitrogens with one attached hydrogen (secondary N) is 4. The summed E-state index contributed by atoms with van der Waals surface area (Å²) in [6.45, 7) is 4.99. The van der Waals surface area contributed by atoms with Gasteiger partial charge in [-0.15, -0.1) is 22.7 Å². The lowest BCUT2D eigenvalue weighted by Gasteiger charge is -2.23. The maximum Gasteiger partial charge on any atom is 0.411 e. The molecule has 0 spiro atoms. The van der Waals surface area contributed by atoms with Gasteiger partial charge in [0.25, 0.3) is 0 Å². The first-order chi connectivity index (χ1) is 25.1. The Morgan fingerprint density at radius 2 is 1.06 bits per heavy atom. The maximum absolute atomic E-state index is 12.2. The minimum absolute atomic E-state index is 0.383. The number of hydrogen-bond donors (Lipinski definition) is 4. The summed E-state index contributed by atoms with van der Waals surface area (Å²) in [6.07, 6.45) is 9.76. The number of ether oxygens (including phenoxy) is 2. The predicted molar refractivity (Wildman–Crippen MR) is 205 cm³/mol. The minimum atomic E-state index is -0.384. The average Bonchev–Trinajstić information content (AvgIpc) is 3.68. The van der Waals surface area contributed by atoms with Crippen LogP contribution >= 0.6 is 22.7 Å². The molecule has 2 aliphatic carbocycles. The SMILES string of the molecule is O=C(Nc1ccccc1-c1nc(C2CC2)cs1)OCC1CCNCC1.O=C(Nc1ccccc1-c1nc(C2CCC2)cs1)OCC1CCNCC1. The maximum atomic E-state index is 12.2. The van der Waals surface area contributed by atoms with Crippen LogP contribution in [0, 0.1) is 11.8 Å². The van der Waals surface area contributed by atoms with Gasteiger partial charge in [0.05, 0.1) is 36.0 Å². The number of piperidine rings is 2. The zero-order valence-corrected chi connectivity index (χ0v) is 30.7. The van der Waals surface area contributed by atoms with Crippen molar-refractivity contribution >= 4 is 46.2 Å². The van der Waals surface area contributed by atoms with E-state index in [0.29, 0.717) is 36.9 Å². The van der Waals surface area contributed by atoms with Gasteiger partial charge in [-0.25, -0.2) is 19.6 Å². The van der Waals surface area contributed by atoms with Gasteiger partial charge in [0.1, 0.15) is 10.0 Å². The number of thiazole rings is 2.